The van der Waals surface area contributed by atoms with Crippen LogP contribution in [0.15, 0.2) is 64.4 Å². The Labute approximate surface area is 155 Å². The summed E-state index contributed by atoms with van der Waals surface area (Å²) in [5.74, 6) is 1.19. The van der Waals surface area contributed by atoms with Crippen molar-refractivity contribution >= 4 is 21.6 Å². The lowest BCUT2D eigenvalue weighted by Crippen LogP contribution is -2.28. The highest BCUT2D eigenvalue weighted by atomic mass is 32.2. The van der Waals surface area contributed by atoms with E-state index in [-0.39, 0.29) is 0 Å². The van der Waals surface area contributed by atoms with Gasteiger partial charge in [-0.1, -0.05) is 18.2 Å². The molecule has 2 rings (SSSR count). The third-order valence-corrected chi connectivity index (χ3v) is 7.50. The summed E-state index contributed by atoms with van der Waals surface area (Å²) in [5, 5.41) is -0.437. The fraction of sp³-hybridized carbons (Fsp3) is 0.368. The minimum atomic E-state index is -3.39. The van der Waals surface area contributed by atoms with E-state index in [0.717, 1.165) is 11.4 Å². The molecule has 0 aliphatic heterocycles. The number of hydrogen-bond donors (Lipinski definition) is 0. The Morgan fingerprint density at radius 1 is 1.04 bits per heavy atom. The summed E-state index contributed by atoms with van der Waals surface area (Å²) >= 11 is 1.59. The van der Waals surface area contributed by atoms with Gasteiger partial charge in [0, 0.05) is 10.6 Å². The van der Waals surface area contributed by atoms with Crippen molar-refractivity contribution in [3.63, 3.8) is 0 Å². The van der Waals surface area contributed by atoms with Crippen molar-refractivity contribution in [3.05, 3.63) is 54.6 Å². The van der Waals surface area contributed by atoms with Gasteiger partial charge in [-0.2, -0.15) is 0 Å². The topological polar surface area (TPSA) is 46.6 Å². The minimum Gasteiger partial charge on any atom is -0.497 e. The van der Waals surface area contributed by atoms with Crippen LogP contribution in [-0.4, -0.2) is 52.1 Å². The van der Waals surface area contributed by atoms with Crippen molar-refractivity contribution in [2.45, 2.75) is 21.5 Å². The third kappa shape index (κ3) is 5.76. The zero-order valence-corrected chi connectivity index (χ0v) is 16.5. The van der Waals surface area contributed by atoms with Crippen molar-refractivity contribution in [1.82, 2.24) is 4.90 Å². The van der Waals surface area contributed by atoms with Gasteiger partial charge in [-0.15, -0.1) is 11.8 Å². The highest BCUT2D eigenvalue weighted by molar-refractivity contribution is 8.01. The minimum absolute atomic E-state index is 0.353. The molecule has 0 bridgehead atoms. The number of ether oxygens (including phenoxy) is 1. The molecule has 0 aliphatic carbocycles. The third-order valence-electron chi connectivity index (χ3n) is 3.90. The molecule has 0 radical (unpaired) electrons. The number of methoxy groups -OCH3 is 1. The van der Waals surface area contributed by atoms with E-state index in [4.69, 9.17) is 4.74 Å². The fourth-order valence-electron chi connectivity index (χ4n) is 2.39. The van der Waals surface area contributed by atoms with E-state index in [0.29, 0.717) is 22.8 Å². The summed E-state index contributed by atoms with van der Waals surface area (Å²) in [7, 11) is 2.09. The van der Waals surface area contributed by atoms with Gasteiger partial charge in [0.05, 0.1) is 17.3 Å². The number of nitrogens with zero attached hydrogens (tertiary/aromatic N) is 1. The normalized spacial score (nSPS) is 13.0. The van der Waals surface area contributed by atoms with Crippen LogP contribution in [0, 0.1) is 0 Å². The van der Waals surface area contributed by atoms with Gasteiger partial charge in [-0.3, -0.25) is 0 Å². The molecule has 1 atom stereocenters. The lowest BCUT2D eigenvalue weighted by Gasteiger charge is -2.20. The molecule has 0 aliphatic rings. The van der Waals surface area contributed by atoms with Crippen LogP contribution < -0.4 is 4.74 Å². The molecule has 2 aromatic rings. The van der Waals surface area contributed by atoms with E-state index in [2.05, 4.69) is 0 Å². The van der Waals surface area contributed by atoms with Crippen LogP contribution in [0.3, 0.4) is 0 Å². The molecule has 0 spiro atoms. The molecule has 0 fully saturated rings. The maximum absolute atomic E-state index is 13.1. The first-order valence-electron chi connectivity index (χ1n) is 8.14. The zero-order chi connectivity index (χ0) is 18.3. The second-order valence-electron chi connectivity index (χ2n) is 6.06. The molecule has 25 heavy (non-hydrogen) atoms. The lowest BCUT2D eigenvalue weighted by atomic mass is 10.3. The summed E-state index contributed by atoms with van der Waals surface area (Å²) in [6.45, 7) is 0.732. The summed E-state index contributed by atoms with van der Waals surface area (Å²) < 4.78 is 31.3. The number of sulfone groups is 1. The van der Waals surface area contributed by atoms with Crippen LogP contribution in [0.4, 0.5) is 0 Å². The van der Waals surface area contributed by atoms with Crippen molar-refractivity contribution in [1.29, 1.82) is 0 Å². The number of thioether (sulfide) groups is 1. The SMILES string of the molecule is COc1ccc(S(=O)(=O)C(CCN(C)C)CSc2ccccc2)cc1. The standard InChI is InChI=1S/C19H25NO3S2/c1-20(2)14-13-19(15-24-17-7-5-4-6-8-17)25(21,22)18-11-9-16(23-3)10-12-18/h4-12,19H,13-15H2,1-3H3. The van der Waals surface area contributed by atoms with Crippen LogP contribution in [0.1, 0.15) is 6.42 Å². The summed E-state index contributed by atoms with van der Waals surface area (Å²) in [6.07, 6.45) is 0.598. The fourth-order valence-corrected chi connectivity index (χ4v) is 5.53. The molecule has 0 heterocycles. The molecule has 0 aromatic heterocycles. The van der Waals surface area contributed by atoms with Crippen LogP contribution in [0.25, 0.3) is 0 Å². The summed E-state index contributed by atoms with van der Waals surface area (Å²) in [5.41, 5.74) is 0. The Kier molecular flexibility index (Phi) is 7.35. The summed E-state index contributed by atoms with van der Waals surface area (Å²) in [6, 6.07) is 16.6. The lowest BCUT2D eigenvalue weighted by molar-refractivity contribution is 0.397. The Morgan fingerprint density at radius 2 is 1.68 bits per heavy atom. The second-order valence-corrected chi connectivity index (χ2v) is 9.38. The predicted molar refractivity (Wildman–Crippen MR) is 104 cm³/mol. The van der Waals surface area contributed by atoms with Gasteiger partial charge in [0.2, 0.25) is 0 Å². The molecular weight excluding hydrogens is 354 g/mol. The average Bonchev–Trinajstić information content (AvgIpc) is 2.62. The maximum atomic E-state index is 13.1. The van der Waals surface area contributed by atoms with Crippen LogP contribution in [0.2, 0.25) is 0 Å². The second kappa shape index (κ2) is 9.27. The van der Waals surface area contributed by atoms with E-state index in [1.807, 2.05) is 49.3 Å². The molecule has 1 unspecified atom stereocenters. The first-order chi connectivity index (χ1) is 11.9. The van der Waals surface area contributed by atoms with E-state index in [1.54, 1.807) is 43.1 Å². The largest absolute Gasteiger partial charge is 0.497 e. The highest BCUT2D eigenvalue weighted by Gasteiger charge is 2.27. The first-order valence-corrected chi connectivity index (χ1v) is 10.7. The van der Waals surface area contributed by atoms with Crippen LogP contribution in [-0.2, 0) is 9.84 Å². The Balaban J connectivity index is 2.19. The quantitative estimate of drug-likeness (QED) is 0.623. The first kappa shape index (κ1) is 19.8. The highest BCUT2D eigenvalue weighted by Crippen LogP contribution is 2.27. The Morgan fingerprint density at radius 3 is 2.24 bits per heavy atom. The summed E-state index contributed by atoms with van der Waals surface area (Å²) in [4.78, 5) is 3.46. The Bertz CT molecular complexity index is 744. The molecule has 136 valence electrons. The molecular formula is C19H25NO3S2. The number of hydrogen-bond acceptors (Lipinski definition) is 5. The van der Waals surface area contributed by atoms with E-state index in [1.165, 1.54) is 0 Å². The van der Waals surface area contributed by atoms with Gasteiger partial charge in [0.1, 0.15) is 5.75 Å². The van der Waals surface area contributed by atoms with Crippen molar-refractivity contribution < 1.29 is 13.2 Å². The van der Waals surface area contributed by atoms with Gasteiger partial charge < -0.3 is 9.64 Å². The van der Waals surface area contributed by atoms with E-state index in [9.17, 15) is 8.42 Å². The van der Waals surface area contributed by atoms with Gasteiger partial charge in [-0.05, 0) is 63.5 Å². The Hall–Kier alpha value is -1.50. The average molecular weight is 380 g/mol. The van der Waals surface area contributed by atoms with E-state index < -0.39 is 15.1 Å². The molecule has 2 aromatic carbocycles. The molecule has 0 saturated carbocycles. The number of benzene rings is 2. The van der Waals surface area contributed by atoms with Gasteiger partial charge >= 0.3 is 0 Å². The van der Waals surface area contributed by atoms with Crippen molar-refractivity contribution in [2.75, 3.05) is 33.5 Å². The van der Waals surface area contributed by atoms with E-state index >= 15 is 0 Å². The zero-order valence-electron chi connectivity index (χ0n) is 14.9. The van der Waals surface area contributed by atoms with Gasteiger partial charge in [0.25, 0.3) is 0 Å². The monoisotopic (exact) mass is 379 g/mol. The van der Waals surface area contributed by atoms with Gasteiger partial charge in [-0.25, -0.2) is 8.42 Å². The van der Waals surface area contributed by atoms with Crippen molar-refractivity contribution in [2.24, 2.45) is 0 Å². The van der Waals surface area contributed by atoms with Gasteiger partial charge in [0.15, 0.2) is 9.84 Å². The molecule has 4 nitrogen and oxygen atoms in total. The molecule has 0 amide bonds. The van der Waals surface area contributed by atoms with Crippen molar-refractivity contribution in [3.8, 4) is 5.75 Å². The van der Waals surface area contributed by atoms with Crippen LogP contribution >= 0.6 is 11.8 Å². The van der Waals surface area contributed by atoms with Crippen LogP contribution in [0.5, 0.6) is 5.75 Å². The predicted octanol–water partition coefficient (Wildman–Crippen LogP) is 3.58. The maximum Gasteiger partial charge on any atom is 0.182 e. The molecule has 6 heteroatoms. The molecule has 0 saturated heterocycles. The smallest absolute Gasteiger partial charge is 0.182 e. The number of rotatable bonds is 9. The molecule has 0 N–H and O–H groups in total.